The standard InChI is InChI=1S/C20H19ClN4O4/c1-10(18-24-16(20(28)29-3)17(26)19(27)25-18)15(12-8-22-11(2)23-9-12)13-6-4-5-7-14(13)21/h4-10,15,26H,1-3H3,(H,24,25,27)/t10?,15-/m0/s1. The number of aryl methyl sites for hydroxylation is 1. The summed E-state index contributed by atoms with van der Waals surface area (Å²) in [6.07, 6.45) is 3.37. The van der Waals surface area contributed by atoms with Crippen LogP contribution in [0.4, 0.5) is 0 Å². The molecule has 0 aliphatic carbocycles. The van der Waals surface area contributed by atoms with Crippen molar-refractivity contribution in [2.75, 3.05) is 7.11 Å². The van der Waals surface area contributed by atoms with E-state index in [0.29, 0.717) is 10.8 Å². The Labute approximate surface area is 171 Å². The lowest BCUT2D eigenvalue weighted by molar-refractivity contribution is 0.0589. The van der Waals surface area contributed by atoms with E-state index in [1.54, 1.807) is 25.4 Å². The quantitative estimate of drug-likeness (QED) is 0.616. The van der Waals surface area contributed by atoms with Crippen molar-refractivity contribution in [3.8, 4) is 5.75 Å². The monoisotopic (exact) mass is 414 g/mol. The molecular formula is C20H19ClN4O4. The Balaban J connectivity index is 2.18. The molecule has 0 saturated heterocycles. The highest BCUT2D eigenvalue weighted by molar-refractivity contribution is 6.31. The SMILES string of the molecule is COC(=O)c1nc(C(C)[C@@H](c2cnc(C)nc2)c2ccccc2Cl)[nH]c(=O)c1O. The molecule has 29 heavy (non-hydrogen) atoms. The first-order valence-corrected chi connectivity index (χ1v) is 9.15. The number of nitrogens with one attached hydrogen (secondary N) is 1. The second-order valence-electron chi connectivity index (χ2n) is 6.49. The zero-order valence-electron chi connectivity index (χ0n) is 16.0. The van der Waals surface area contributed by atoms with E-state index in [1.807, 2.05) is 25.1 Å². The molecule has 2 atom stereocenters. The van der Waals surface area contributed by atoms with Gasteiger partial charge >= 0.3 is 5.97 Å². The number of H-pyrrole nitrogens is 1. The smallest absolute Gasteiger partial charge is 0.360 e. The van der Waals surface area contributed by atoms with Gasteiger partial charge < -0.3 is 14.8 Å². The Morgan fingerprint density at radius 1 is 1.24 bits per heavy atom. The van der Waals surface area contributed by atoms with Crippen molar-refractivity contribution in [3.63, 3.8) is 0 Å². The van der Waals surface area contributed by atoms with E-state index in [0.717, 1.165) is 18.2 Å². The molecule has 3 aromatic rings. The zero-order chi connectivity index (χ0) is 21.1. The van der Waals surface area contributed by atoms with Crippen LogP contribution in [0, 0.1) is 6.92 Å². The number of carbonyl (C=O) groups excluding carboxylic acids is 1. The molecule has 2 heterocycles. The Morgan fingerprint density at radius 3 is 2.52 bits per heavy atom. The van der Waals surface area contributed by atoms with Crippen molar-refractivity contribution in [2.24, 2.45) is 0 Å². The molecule has 9 heteroatoms. The number of methoxy groups -OCH3 is 1. The summed E-state index contributed by atoms with van der Waals surface area (Å²) in [7, 11) is 1.14. The van der Waals surface area contributed by atoms with Crippen LogP contribution in [-0.4, -0.2) is 38.1 Å². The van der Waals surface area contributed by atoms with Gasteiger partial charge in [-0.2, -0.15) is 0 Å². The Bertz CT molecular complexity index is 1100. The van der Waals surface area contributed by atoms with Crippen LogP contribution in [0.3, 0.4) is 0 Å². The van der Waals surface area contributed by atoms with Gasteiger partial charge in [-0.05, 0) is 24.1 Å². The Morgan fingerprint density at radius 2 is 1.90 bits per heavy atom. The average Bonchev–Trinajstić information content (AvgIpc) is 2.72. The molecule has 150 valence electrons. The number of rotatable bonds is 5. The van der Waals surface area contributed by atoms with Crippen LogP contribution in [0.2, 0.25) is 5.02 Å². The fraction of sp³-hybridized carbons (Fsp3) is 0.250. The number of aromatic nitrogens is 4. The van der Waals surface area contributed by atoms with E-state index in [1.165, 1.54) is 0 Å². The van der Waals surface area contributed by atoms with Crippen molar-refractivity contribution in [1.29, 1.82) is 0 Å². The van der Waals surface area contributed by atoms with Crippen molar-refractivity contribution in [2.45, 2.75) is 25.7 Å². The van der Waals surface area contributed by atoms with Crippen LogP contribution in [0.15, 0.2) is 41.5 Å². The largest absolute Gasteiger partial charge is 0.501 e. The number of hydrogen-bond acceptors (Lipinski definition) is 7. The molecule has 2 aromatic heterocycles. The van der Waals surface area contributed by atoms with Gasteiger partial charge in [0.05, 0.1) is 7.11 Å². The predicted octanol–water partition coefficient (Wildman–Crippen LogP) is 2.95. The highest BCUT2D eigenvalue weighted by Gasteiger charge is 2.29. The molecule has 0 spiro atoms. The highest BCUT2D eigenvalue weighted by Crippen LogP contribution is 2.39. The van der Waals surface area contributed by atoms with Crippen LogP contribution in [0.25, 0.3) is 0 Å². The lowest BCUT2D eigenvalue weighted by Crippen LogP contribution is -2.22. The van der Waals surface area contributed by atoms with Crippen LogP contribution >= 0.6 is 11.6 Å². The summed E-state index contributed by atoms with van der Waals surface area (Å²) in [6.45, 7) is 3.60. The molecule has 2 N–H and O–H groups in total. The molecule has 3 rings (SSSR count). The number of carbonyl (C=O) groups is 1. The van der Waals surface area contributed by atoms with Gasteiger partial charge in [-0.1, -0.05) is 36.7 Å². The summed E-state index contributed by atoms with van der Waals surface area (Å²) in [5.41, 5.74) is 0.257. The normalized spacial score (nSPS) is 13.0. The van der Waals surface area contributed by atoms with E-state index in [9.17, 15) is 14.7 Å². The molecule has 0 fully saturated rings. The van der Waals surface area contributed by atoms with Crippen molar-refractivity contribution in [1.82, 2.24) is 19.9 Å². The fourth-order valence-corrected chi connectivity index (χ4v) is 3.38. The number of ether oxygens (including phenoxy) is 1. The summed E-state index contributed by atoms with van der Waals surface area (Å²) in [5.74, 6) is -1.71. The molecule has 0 aliphatic rings. The third-order valence-electron chi connectivity index (χ3n) is 4.62. The molecule has 0 radical (unpaired) electrons. The molecule has 8 nitrogen and oxygen atoms in total. The maximum atomic E-state index is 12.2. The first-order valence-electron chi connectivity index (χ1n) is 8.78. The first-order chi connectivity index (χ1) is 13.8. The maximum Gasteiger partial charge on any atom is 0.360 e. The Kier molecular flexibility index (Phi) is 5.93. The molecular weight excluding hydrogens is 396 g/mol. The highest BCUT2D eigenvalue weighted by atomic mass is 35.5. The third-order valence-corrected chi connectivity index (χ3v) is 4.97. The molecule has 0 bridgehead atoms. The zero-order valence-corrected chi connectivity index (χ0v) is 16.8. The molecule has 1 unspecified atom stereocenters. The summed E-state index contributed by atoms with van der Waals surface area (Å²) in [5, 5.41) is 10.4. The summed E-state index contributed by atoms with van der Waals surface area (Å²) < 4.78 is 4.61. The van der Waals surface area contributed by atoms with E-state index in [-0.39, 0.29) is 11.7 Å². The average molecular weight is 415 g/mol. The topological polar surface area (TPSA) is 118 Å². The molecule has 0 aliphatic heterocycles. The van der Waals surface area contributed by atoms with Crippen molar-refractivity contribution in [3.05, 3.63) is 80.5 Å². The van der Waals surface area contributed by atoms with Crippen LogP contribution in [0.5, 0.6) is 5.75 Å². The maximum absolute atomic E-state index is 12.2. The number of aromatic hydroxyl groups is 1. The van der Waals surface area contributed by atoms with E-state index >= 15 is 0 Å². The lowest BCUT2D eigenvalue weighted by atomic mass is 9.82. The third kappa shape index (κ3) is 4.12. The van der Waals surface area contributed by atoms with Gasteiger partial charge in [0.15, 0.2) is 5.69 Å². The van der Waals surface area contributed by atoms with Gasteiger partial charge in [0, 0.05) is 29.3 Å². The minimum atomic E-state index is -0.907. The molecule has 1 aromatic carbocycles. The fourth-order valence-electron chi connectivity index (χ4n) is 3.12. The minimum Gasteiger partial charge on any atom is -0.501 e. The number of esters is 1. The second-order valence-corrected chi connectivity index (χ2v) is 6.90. The number of benzene rings is 1. The first kappa shape index (κ1) is 20.5. The van der Waals surface area contributed by atoms with E-state index in [2.05, 4.69) is 24.7 Å². The predicted molar refractivity (Wildman–Crippen MR) is 106 cm³/mol. The minimum absolute atomic E-state index is 0.193. The Hall–Kier alpha value is -3.26. The second kappa shape index (κ2) is 8.40. The van der Waals surface area contributed by atoms with Crippen LogP contribution in [-0.2, 0) is 4.74 Å². The van der Waals surface area contributed by atoms with E-state index < -0.39 is 28.9 Å². The van der Waals surface area contributed by atoms with Gasteiger partial charge in [-0.25, -0.2) is 19.7 Å². The van der Waals surface area contributed by atoms with Gasteiger partial charge in [-0.15, -0.1) is 0 Å². The van der Waals surface area contributed by atoms with Crippen LogP contribution in [0.1, 0.15) is 52.0 Å². The number of aromatic amines is 1. The van der Waals surface area contributed by atoms with Gasteiger partial charge in [-0.3, -0.25) is 4.79 Å². The van der Waals surface area contributed by atoms with Crippen LogP contribution < -0.4 is 5.56 Å². The van der Waals surface area contributed by atoms with Gasteiger partial charge in [0.2, 0.25) is 5.75 Å². The summed E-state index contributed by atoms with van der Waals surface area (Å²) in [4.78, 5) is 39.3. The molecule has 0 saturated carbocycles. The van der Waals surface area contributed by atoms with Gasteiger partial charge in [0.25, 0.3) is 5.56 Å². The number of nitrogens with zero attached hydrogens (tertiary/aromatic N) is 3. The summed E-state index contributed by atoms with van der Waals surface area (Å²) >= 11 is 6.45. The number of halogens is 1. The summed E-state index contributed by atoms with van der Waals surface area (Å²) in [6, 6.07) is 7.29. The van der Waals surface area contributed by atoms with Gasteiger partial charge in [0.1, 0.15) is 11.6 Å². The lowest BCUT2D eigenvalue weighted by Gasteiger charge is -2.25. The molecule has 0 amide bonds. The van der Waals surface area contributed by atoms with E-state index in [4.69, 9.17) is 11.6 Å². The van der Waals surface area contributed by atoms with Crippen molar-refractivity contribution < 1.29 is 14.6 Å². The van der Waals surface area contributed by atoms with Crippen molar-refractivity contribution >= 4 is 17.6 Å². The number of hydrogen-bond donors (Lipinski definition) is 2.